The maximum atomic E-state index is 5.95. The Balaban J connectivity index is 1.74. The third kappa shape index (κ3) is 4.58. The van der Waals surface area contributed by atoms with Gasteiger partial charge < -0.3 is 15.6 Å². The number of nitrogens with one attached hydrogen (secondary N) is 1. The van der Waals surface area contributed by atoms with Gasteiger partial charge in [0.1, 0.15) is 5.82 Å². The van der Waals surface area contributed by atoms with E-state index < -0.39 is 0 Å². The van der Waals surface area contributed by atoms with Crippen LogP contribution in [0.4, 0.5) is 0 Å². The van der Waals surface area contributed by atoms with Gasteiger partial charge in [-0.25, -0.2) is 4.98 Å². The van der Waals surface area contributed by atoms with E-state index in [-0.39, 0.29) is 0 Å². The molecular formula is C14H25N5. The molecular weight excluding hydrogens is 238 g/mol. The average Bonchev–Trinajstić information content (AvgIpc) is 2.65. The Labute approximate surface area is 115 Å². The number of aryl methyl sites for hydroxylation is 1. The van der Waals surface area contributed by atoms with Crippen LogP contribution in [0.25, 0.3) is 0 Å². The van der Waals surface area contributed by atoms with Crippen LogP contribution in [-0.4, -0.2) is 28.1 Å². The van der Waals surface area contributed by atoms with Crippen molar-refractivity contribution in [3.8, 4) is 0 Å². The summed E-state index contributed by atoms with van der Waals surface area (Å²) in [5.41, 5.74) is 5.95. The van der Waals surface area contributed by atoms with Gasteiger partial charge in [-0.2, -0.15) is 0 Å². The lowest BCUT2D eigenvalue weighted by molar-refractivity contribution is 0.529. The number of hydrogen-bond donors (Lipinski definition) is 2. The molecule has 1 aromatic rings. The largest absolute Gasteiger partial charge is 0.370 e. The Hall–Kier alpha value is -1.52. The summed E-state index contributed by atoms with van der Waals surface area (Å²) in [5.74, 6) is 1.61. The lowest BCUT2D eigenvalue weighted by Gasteiger charge is -2.16. The molecule has 0 aliphatic heterocycles. The van der Waals surface area contributed by atoms with E-state index in [0.29, 0.717) is 18.5 Å². The number of aliphatic imine (C=N–C) groups is 1. The summed E-state index contributed by atoms with van der Waals surface area (Å²) in [5, 5.41) is 3.36. The molecule has 5 heteroatoms. The van der Waals surface area contributed by atoms with Gasteiger partial charge in [0, 0.05) is 25.0 Å². The van der Waals surface area contributed by atoms with Gasteiger partial charge in [0.15, 0.2) is 5.96 Å². The van der Waals surface area contributed by atoms with E-state index in [1.807, 2.05) is 19.3 Å². The zero-order valence-corrected chi connectivity index (χ0v) is 11.8. The number of imidazole rings is 1. The van der Waals surface area contributed by atoms with E-state index in [9.17, 15) is 0 Å². The van der Waals surface area contributed by atoms with Crippen LogP contribution >= 0.6 is 0 Å². The number of rotatable bonds is 4. The maximum Gasteiger partial charge on any atom is 0.188 e. The standard InChI is InChI=1S/C14H25N5/c1-12-16-8-10-19(12)11-9-17-14(15)18-13-6-4-2-3-5-7-13/h8,10,13H,2-7,9,11H2,1H3,(H3,15,17,18). The zero-order valence-electron chi connectivity index (χ0n) is 11.8. The Kier molecular flexibility index (Phi) is 5.24. The Morgan fingerprint density at radius 1 is 1.42 bits per heavy atom. The van der Waals surface area contributed by atoms with Crippen LogP contribution in [0.2, 0.25) is 0 Å². The first-order valence-electron chi connectivity index (χ1n) is 7.30. The number of guanidine groups is 1. The summed E-state index contributed by atoms with van der Waals surface area (Å²) in [6.45, 7) is 3.53. The number of nitrogens with two attached hydrogens (primary N) is 1. The summed E-state index contributed by atoms with van der Waals surface area (Å²) in [7, 11) is 0. The normalized spacial score (nSPS) is 18.3. The summed E-state index contributed by atoms with van der Waals surface area (Å²) in [6, 6.07) is 0.515. The molecule has 1 heterocycles. The molecule has 0 amide bonds. The van der Waals surface area contributed by atoms with Crippen LogP contribution in [0, 0.1) is 6.92 Å². The van der Waals surface area contributed by atoms with E-state index in [1.54, 1.807) is 0 Å². The second kappa shape index (κ2) is 7.16. The number of nitrogens with zero attached hydrogens (tertiary/aromatic N) is 3. The third-order valence-electron chi connectivity index (χ3n) is 3.75. The first kappa shape index (κ1) is 13.9. The smallest absolute Gasteiger partial charge is 0.188 e. The lowest BCUT2D eigenvalue weighted by atomic mass is 10.1. The second-order valence-electron chi connectivity index (χ2n) is 5.27. The highest BCUT2D eigenvalue weighted by Crippen LogP contribution is 2.16. The van der Waals surface area contributed by atoms with Crippen molar-refractivity contribution in [2.45, 2.75) is 58.0 Å². The minimum atomic E-state index is 0.515. The van der Waals surface area contributed by atoms with Crippen molar-refractivity contribution in [1.82, 2.24) is 14.9 Å². The molecule has 0 saturated heterocycles. The Morgan fingerprint density at radius 2 is 2.16 bits per heavy atom. The molecule has 1 saturated carbocycles. The molecule has 2 rings (SSSR count). The molecule has 0 aromatic carbocycles. The molecule has 0 atom stereocenters. The highest BCUT2D eigenvalue weighted by Gasteiger charge is 2.12. The summed E-state index contributed by atoms with van der Waals surface area (Å²) >= 11 is 0. The van der Waals surface area contributed by atoms with E-state index in [0.717, 1.165) is 12.4 Å². The van der Waals surface area contributed by atoms with Crippen LogP contribution in [0.1, 0.15) is 44.3 Å². The second-order valence-corrected chi connectivity index (χ2v) is 5.27. The predicted octanol–water partition coefficient (Wildman–Crippen LogP) is 1.82. The molecule has 1 fully saturated rings. The average molecular weight is 263 g/mol. The van der Waals surface area contributed by atoms with Crippen LogP contribution in [-0.2, 0) is 6.54 Å². The maximum absolute atomic E-state index is 5.95. The van der Waals surface area contributed by atoms with Gasteiger partial charge in [-0.05, 0) is 19.8 Å². The quantitative estimate of drug-likeness (QED) is 0.494. The lowest BCUT2D eigenvalue weighted by Crippen LogP contribution is -2.40. The molecule has 0 radical (unpaired) electrons. The minimum Gasteiger partial charge on any atom is -0.370 e. The molecule has 0 unspecified atom stereocenters. The SMILES string of the molecule is Cc1nccn1CCN=C(N)NC1CCCCCC1. The van der Waals surface area contributed by atoms with Crippen LogP contribution in [0.3, 0.4) is 0 Å². The van der Waals surface area contributed by atoms with Gasteiger partial charge in [0.2, 0.25) is 0 Å². The summed E-state index contributed by atoms with van der Waals surface area (Å²) in [4.78, 5) is 8.59. The zero-order chi connectivity index (χ0) is 13.5. The van der Waals surface area contributed by atoms with Gasteiger partial charge in [0.25, 0.3) is 0 Å². The van der Waals surface area contributed by atoms with E-state index >= 15 is 0 Å². The highest BCUT2D eigenvalue weighted by molar-refractivity contribution is 5.78. The molecule has 0 spiro atoms. The molecule has 19 heavy (non-hydrogen) atoms. The third-order valence-corrected chi connectivity index (χ3v) is 3.75. The summed E-state index contributed by atoms with van der Waals surface area (Å²) < 4.78 is 2.09. The first-order chi connectivity index (χ1) is 9.25. The van der Waals surface area contributed by atoms with Gasteiger partial charge in [-0.3, -0.25) is 4.99 Å². The fourth-order valence-electron chi connectivity index (χ4n) is 2.60. The predicted molar refractivity (Wildman–Crippen MR) is 78.1 cm³/mol. The van der Waals surface area contributed by atoms with Crippen molar-refractivity contribution in [3.05, 3.63) is 18.2 Å². The van der Waals surface area contributed by atoms with E-state index in [2.05, 4.69) is 19.9 Å². The molecule has 3 N–H and O–H groups in total. The molecule has 1 aromatic heterocycles. The van der Waals surface area contributed by atoms with Crippen molar-refractivity contribution in [3.63, 3.8) is 0 Å². The van der Waals surface area contributed by atoms with Crippen molar-refractivity contribution < 1.29 is 0 Å². The molecule has 1 aliphatic rings. The number of aromatic nitrogens is 2. The van der Waals surface area contributed by atoms with E-state index in [1.165, 1.54) is 38.5 Å². The highest BCUT2D eigenvalue weighted by atomic mass is 15.1. The fourth-order valence-corrected chi connectivity index (χ4v) is 2.60. The molecule has 5 nitrogen and oxygen atoms in total. The first-order valence-corrected chi connectivity index (χ1v) is 7.30. The summed E-state index contributed by atoms with van der Waals surface area (Å²) in [6.07, 6.45) is 11.5. The van der Waals surface area contributed by atoms with Crippen LogP contribution in [0.5, 0.6) is 0 Å². The van der Waals surface area contributed by atoms with Crippen molar-refractivity contribution in [2.75, 3.05) is 6.54 Å². The monoisotopic (exact) mass is 263 g/mol. The molecule has 0 bridgehead atoms. The molecule has 106 valence electrons. The van der Waals surface area contributed by atoms with Gasteiger partial charge >= 0.3 is 0 Å². The van der Waals surface area contributed by atoms with Crippen molar-refractivity contribution >= 4 is 5.96 Å². The van der Waals surface area contributed by atoms with Gasteiger partial charge in [0.05, 0.1) is 6.54 Å². The van der Waals surface area contributed by atoms with Crippen LogP contribution in [0.15, 0.2) is 17.4 Å². The Morgan fingerprint density at radius 3 is 2.79 bits per heavy atom. The van der Waals surface area contributed by atoms with Crippen molar-refractivity contribution in [2.24, 2.45) is 10.7 Å². The van der Waals surface area contributed by atoms with E-state index in [4.69, 9.17) is 5.73 Å². The van der Waals surface area contributed by atoms with Crippen LogP contribution < -0.4 is 11.1 Å². The van der Waals surface area contributed by atoms with Gasteiger partial charge in [-0.1, -0.05) is 25.7 Å². The number of hydrogen-bond acceptors (Lipinski definition) is 2. The minimum absolute atomic E-state index is 0.515. The van der Waals surface area contributed by atoms with Crippen molar-refractivity contribution in [1.29, 1.82) is 0 Å². The topological polar surface area (TPSA) is 68.2 Å². The fraction of sp³-hybridized carbons (Fsp3) is 0.714. The molecule has 1 aliphatic carbocycles. The Bertz CT molecular complexity index is 402. The van der Waals surface area contributed by atoms with Gasteiger partial charge in [-0.15, -0.1) is 0 Å².